The molecule has 0 aliphatic carbocycles. The minimum absolute atomic E-state index is 0.714. The lowest BCUT2D eigenvalue weighted by Crippen LogP contribution is -1.81. The molecule has 2 nitrogen and oxygen atoms in total. The van der Waals surface area contributed by atoms with Crippen LogP contribution < -0.4 is 0 Å². The number of aliphatic imine (C=N–C) groups is 1. The van der Waals surface area contributed by atoms with Crippen molar-refractivity contribution in [2.75, 3.05) is 0 Å². The summed E-state index contributed by atoms with van der Waals surface area (Å²) in [5.41, 5.74) is 1.82. The van der Waals surface area contributed by atoms with Gasteiger partial charge in [0.2, 0.25) is 6.19 Å². The van der Waals surface area contributed by atoms with Gasteiger partial charge in [-0.3, -0.25) is 0 Å². The molecule has 64 valence electrons. The maximum Gasteiger partial charge on any atom is 0.205 e. The summed E-state index contributed by atoms with van der Waals surface area (Å²) in [4.78, 5) is 3.58. The van der Waals surface area contributed by atoms with Crippen molar-refractivity contribution in [1.29, 1.82) is 5.26 Å². The number of allylic oxidation sites excluding steroid dienone is 1. The van der Waals surface area contributed by atoms with E-state index < -0.39 is 0 Å². The van der Waals surface area contributed by atoms with E-state index in [1.807, 2.05) is 42.5 Å². The molecule has 0 saturated carbocycles. The molecule has 2 heteroatoms. The molecular weight excluding hydrogens is 160 g/mol. The fourth-order valence-electron chi connectivity index (χ4n) is 0.897. The molecule has 1 rings (SSSR count). The molecule has 0 atom stereocenters. The van der Waals surface area contributed by atoms with Crippen molar-refractivity contribution in [1.82, 2.24) is 0 Å². The number of nitriles is 1. The van der Waals surface area contributed by atoms with Crippen LogP contribution in [0.25, 0.3) is 6.08 Å². The molecule has 0 heterocycles. The summed E-state index contributed by atoms with van der Waals surface area (Å²) in [5.74, 6) is 0. The third-order valence-electron chi connectivity index (χ3n) is 1.54. The quantitative estimate of drug-likeness (QED) is 0.496. The van der Waals surface area contributed by atoms with Gasteiger partial charge < -0.3 is 0 Å². The van der Waals surface area contributed by atoms with Crippen LogP contribution in [0.3, 0.4) is 0 Å². The summed E-state index contributed by atoms with van der Waals surface area (Å²) in [6, 6.07) is 9.90. The Labute approximate surface area is 77.9 Å². The predicted molar refractivity (Wildman–Crippen MR) is 54.2 cm³/mol. The average Bonchev–Trinajstić information content (AvgIpc) is 2.17. The van der Waals surface area contributed by atoms with Gasteiger partial charge in [0.25, 0.3) is 0 Å². The molecule has 0 radical (unpaired) electrons. The van der Waals surface area contributed by atoms with Crippen LogP contribution in [0.5, 0.6) is 0 Å². The second kappa shape index (κ2) is 4.89. The van der Waals surface area contributed by atoms with Crippen molar-refractivity contribution < 1.29 is 0 Å². The molecule has 13 heavy (non-hydrogen) atoms. The van der Waals surface area contributed by atoms with Gasteiger partial charge in [0.1, 0.15) is 0 Å². The van der Waals surface area contributed by atoms with E-state index in [2.05, 4.69) is 4.99 Å². The maximum absolute atomic E-state index is 8.26. The summed E-state index contributed by atoms with van der Waals surface area (Å²) in [6.45, 7) is 1.79. The molecule has 0 saturated heterocycles. The minimum Gasteiger partial charge on any atom is -0.179 e. The first-order valence-electron chi connectivity index (χ1n) is 3.99. The van der Waals surface area contributed by atoms with E-state index in [-0.39, 0.29) is 0 Å². The van der Waals surface area contributed by atoms with Crippen molar-refractivity contribution in [3.63, 3.8) is 0 Å². The first kappa shape index (κ1) is 9.21. The average molecular weight is 170 g/mol. The number of benzene rings is 1. The summed E-state index contributed by atoms with van der Waals surface area (Å²) in [7, 11) is 0. The molecule has 0 aromatic heterocycles. The topological polar surface area (TPSA) is 36.1 Å². The maximum atomic E-state index is 8.26. The van der Waals surface area contributed by atoms with Crippen LogP contribution in [-0.2, 0) is 0 Å². The Morgan fingerprint density at radius 3 is 2.69 bits per heavy atom. The van der Waals surface area contributed by atoms with Gasteiger partial charge in [0, 0.05) is 0 Å². The molecule has 0 bridgehead atoms. The summed E-state index contributed by atoms with van der Waals surface area (Å²) in [5, 5.41) is 8.26. The van der Waals surface area contributed by atoms with Gasteiger partial charge in [0.05, 0.1) is 5.71 Å². The highest BCUT2D eigenvalue weighted by Crippen LogP contribution is 2.00. The summed E-state index contributed by atoms with van der Waals surface area (Å²) >= 11 is 0. The van der Waals surface area contributed by atoms with E-state index in [0.717, 1.165) is 5.56 Å². The third-order valence-corrected chi connectivity index (χ3v) is 1.54. The number of hydrogen-bond acceptors (Lipinski definition) is 2. The minimum atomic E-state index is 0.714. The van der Waals surface area contributed by atoms with Crippen LogP contribution >= 0.6 is 0 Å². The Bertz CT molecular complexity index is 355. The molecule has 0 spiro atoms. The fraction of sp³-hybridized carbons (Fsp3) is 0.0909. The standard InChI is InChI=1S/C11H10N2/c1-10(13-9-12)7-8-11-5-3-2-4-6-11/h2-8H,1H3. The van der Waals surface area contributed by atoms with E-state index in [4.69, 9.17) is 5.26 Å². The van der Waals surface area contributed by atoms with Crippen LogP contribution in [0.15, 0.2) is 41.4 Å². The third kappa shape index (κ3) is 3.35. The van der Waals surface area contributed by atoms with E-state index in [1.54, 1.807) is 13.1 Å². The molecule has 0 aliphatic rings. The van der Waals surface area contributed by atoms with Gasteiger partial charge in [-0.1, -0.05) is 36.4 Å². The Morgan fingerprint density at radius 2 is 2.08 bits per heavy atom. The van der Waals surface area contributed by atoms with Crippen molar-refractivity contribution >= 4 is 11.8 Å². The Kier molecular flexibility index (Phi) is 3.46. The van der Waals surface area contributed by atoms with Gasteiger partial charge in [-0.25, -0.2) is 0 Å². The zero-order valence-electron chi connectivity index (χ0n) is 7.44. The van der Waals surface area contributed by atoms with E-state index in [1.165, 1.54) is 0 Å². The highest BCUT2D eigenvalue weighted by atomic mass is 14.7. The van der Waals surface area contributed by atoms with Gasteiger partial charge in [-0.2, -0.15) is 10.3 Å². The predicted octanol–water partition coefficient (Wildman–Crippen LogP) is 2.64. The molecule has 0 N–H and O–H groups in total. The Hall–Kier alpha value is -1.88. The monoisotopic (exact) mass is 170 g/mol. The van der Waals surface area contributed by atoms with Crippen LogP contribution in [0.1, 0.15) is 12.5 Å². The lowest BCUT2D eigenvalue weighted by Gasteiger charge is -1.90. The molecule has 1 aromatic carbocycles. The van der Waals surface area contributed by atoms with Crippen LogP contribution in [0, 0.1) is 11.5 Å². The summed E-state index contributed by atoms with van der Waals surface area (Å²) in [6.07, 6.45) is 5.49. The highest BCUT2D eigenvalue weighted by Gasteiger charge is 1.84. The lowest BCUT2D eigenvalue weighted by atomic mass is 10.2. The van der Waals surface area contributed by atoms with Crippen LogP contribution in [0.4, 0.5) is 0 Å². The fourth-order valence-corrected chi connectivity index (χ4v) is 0.897. The number of hydrogen-bond donors (Lipinski definition) is 0. The lowest BCUT2D eigenvalue weighted by molar-refractivity contribution is 1.43. The molecule has 1 aromatic rings. The molecule has 0 amide bonds. The van der Waals surface area contributed by atoms with E-state index in [0.29, 0.717) is 5.71 Å². The van der Waals surface area contributed by atoms with Gasteiger partial charge in [0.15, 0.2) is 0 Å². The van der Waals surface area contributed by atoms with Crippen molar-refractivity contribution in [2.24, 2.45) is 4.99 Å². The van der Waals surface area contributed by atoms with Crippen molar-refractivity contribution in [3.8, 4) is 6.19 Å². The normalized spacial score (nSPS) is 11.5. The molecule has 0 aliphatic heterocycles. The van der Waals surface area contributed by atoms with E-state index in [9.17, 15) is 0 Å². The second-order valence-electron chi connectivity index (χ2n) is 2.60. The molecule has 0 unspecified atom stereocenters. The van der Waals surface area contributed by atoms with Crippen molar-refractivity contribution in [2.45, 2.75) is 6.92 Å². The first-order valence-corrected chi connectivity index (χ1v) is 3.99. The zero-order chi connectivity index (χ0) is 9.52. The zero-order valence-corrected chi connectivity index (χ0v) is 7.44. The van der Waals surface area contributed by atoms with E-state index >= 15 is 0 Å². The van der Waals surface area contributed by atoms with Gasteiger partial charge >= 0.3 is 0 Å². The van der Waals surface area contributed by atoms with Crippen LogP contribution in [-0.4, -0.2) is 5.71 Å². The largest absolute Gasteiger partial charge is 0.205 e. The van der Waals surface area contributed by atoms with Crippen molar-refractivity contribution in [3.05, 3.63) is 42.0 Å². The smallest absolute Gasteiger partial charge is 0.179 e. The van der Waals surface area contributed by atoms with Gasteiger partial charge in [-0.15, -0.1) is 0 Å². The Morgan fingerprint density at radius 1 is 1.38 bits per heavy atom. The molecule has 0 fully saturated rings. The molecular formula is C11H10N2. The SMILES string of the molecule is CC(C=Cc1ccccc1)=NC#N. The first-order chi connectivity index (χ1) is 6.33. The second-order valence-corrected chi connectivity index (χ2v) is 2.60. The summed E-state index contributed by atoms with van der Waals surface area (Å²) < 4.78 is 0. The highest BCUT2D eigenvalue weighted by molar-refractivity contribution is 5.96. The number of nitrogens with zero attached hydrogens (tertiary/aromatic N) is 2. The van der Waals surface area contributed by atoms with Crippen LogP contribution in [0.2, 0.25) is 0 Å². The Balaban J connectivity index is 2.71. The van der Waals surface area contributed by atoms with Gasteiger partial charge in [-0.05, 0) is 18.6 Å². The number of rotatable bonds is 2.